The van der Waals surface area contributed by atoms with E-state index in [1.807, 2.05) is 29.2 Å². The Morgan fingerprint density at radius 1 is 1.35 bits per heavy atom. The third kappa shape index (κ3) is 3.89. The lowest BCUT2D eigenvalue weighted by atomic mass is 9.93. The fraction of sp³-hybridized carbons (Fsp3) is 0.562. The Balaban J connectivity index is 2.11. The van der Waals surface area contributed by atoms with Gasteiger partial charge in [0.1, 0.15) is 11.6 Å². The van der Waals surface area contributed by atoms with Crippen LogP contribution in [0.2, 0.25) is 0 Å². The van der Waals surface area contributed by atoms with Gasteiger partial charge in [-0.2, -0.15) is 0 Å². The first-order valence-corrected chi connectivity index (χ1v) is 7.76. The lowest BCUT2D eigenvalue weighted by Gasteiger charge is -2.34. The standard InChI is InChI=1S/C16H22ClNO2/c1-20-15-9-5-6-13(10-15)12-18(16(19)11-17)14-7-3-2-4-8-14/h5-6,9-10,14H,2-4,7-8,11-12H2,1H3. The first kappa shape index (κ1) is 15.2. The molecule has 0 saturated heterocycles. The summed E-state index contributed by atoms with van der Waals surface area (Å²) in [5.74, 6) is 0.909. The van der Waals surface area contributed by atoms with E-state index in [-0.39, 0.29) is 11.8 Å². The molecule has 0 aromatic heterocycles. The Morgan fingerprint density at radius 2 is 2.10 bits per heavy atom. The second-order valence-electron chi connectivity index (χ2n) is 5.30. The van der Waals surface area contributed by atoms with E-state index in [2.05, 4.69) is 0 Å². The molecule has 1 fully saturated rings. The summed E-state index contributed by atoms with van der Waals surface area (Å²) in [5.41, 5.74) is 1.09. The molecule has 4 heteroatoms. The average molecular weight is 296 g/mol. The molecule has 1 amide bonds. The predicted molar refractivity (Wildman–Crippen MR) is 81.1 cm³/mol. The Bertz CT molecular complexity index is 444. The SMILES string of the molecule is COc1cccc(CN(C(=O)CCl)C2CCCCC2)c1. The van der Waals surface area contributed by atoms with Crippen molar-refractivity contribution in [2.24, 2.45) is 0 Å². The number of methoxy groups -OCH3 is 1. The summed E-state index contributed by atoms with van der Waals surface area (Å²) >= 11 is 5.77. The van der Waals surface area contributed by atoms with E-state index in [0.29, 0.717) is 12.6 Å². The number of hydrogen-bond donors (Lipinski definition) is 0. The minimum Gasteiger partial charge on any atom is -0.497 e. The molecule has 110 valence electrons. The van der Waals surface area contributed by atoms with Crippen LogP contribution in [0.1, 0.15) is 37.7 Å². The van der Waals surface area contributed by atoms with Gasteiger partial charge in [-0.25, -0.2) is 0 Å². The normalized spacial score (nSPS) is 15.9. The van der Waals surface area contributed by atoms with Gasteiger partial charge in [0.05, 0.1) is 7.11 Å². The molecule has 1 aromatic rings. The monoisotopic (exact) mass is 295 g/mol. The van der Waals surface area contributed by atoms with Crippen LogP contribution in [0.3, 0.4) is 0 Å². The zero-order valence-electron chi connectivity index (χ0n) is 12.0. The van der Waals surface area contributed by atoms with Gasteiger partial charge in [0.2, 0.25) is 5.91 Å². The van der Waals surface area contributed by atoms with Crippen molar-refractivity contribution in [1.29, 1.82) is 0 Å². The topological polar surface area (TPSA) is 29.5 Å². The number of halogens is 1. The van der Waals surface area contributed by atoms with Gasteiger partial charge in [0, 0.05) is 12.6 Å². The second-order valence-corrected chi connectivity index (χ2v) is 5.57. The van der Waals surface area contributed by atoms with Crippen molar-refractivity contribution < 1.29 is 9.53 Å². The molecule has 0 heterocycles. The molecule has 1 aromatic carbocycles. The van der Waals surface area contributed by atoms with Crippen LogP contribution in [0, 0.1) is 0 Å². The number of rotatable bonds is 5. The van der Waals surface area contributed by atoms with Crippen molar-refractivity contribution in [3.05, 3.63) is 29.8 Å². The molecule has 0 radical (unpaired) electrons. The maximum absolute atomic E-state index is 12.1. The maximum atomic E-state index is 12.1. The molecule has 1 saturated carbocycles. The minimum atomic E-state index is 0.0291. The molecule has 2 rings (SSSR count). The van der Waals surface area contributed by atoms with E-state index in [1.54, 1.807) is 7.11 Å². The number of benzene rings is 1. The van der Waals surface area contributed by atoms with Crippen molar-refractivity contribution >= 4 is 17.5 Å². The van der Waals surface area contributed by atoms with E-state index in [1.165, 1.54) is 19.3 Å². The molecule has 0 aliphatic heterocycles. The number of ether oxygens (including phenoxy) is 1. The number of carbonyl (C=O) groups is 1. The molecule has 0 unspecified atom stereocenters. The Kier molecular flexibility index (Phi) is 5.72. The van der Waals surface area contributed by atoms with Crippen LogP contribution in [0.4, 0.5) is 0 Å². The van der Waals surface area contributed by atoms with Crippen molar-refractivity contribution in [1.82, 2.24) is 4.90 Å². The summed E-state index contributed by atoms with van der Waals surface area (Å²) in [6.07, 6.45) is 5.86. The number of nitrogens with zero attached hydrogens (tertiary/aromatic N) is 1. The Morgan fingerprint density at radius 3 is 2.75 bits per heavy atom. The van der Waals surface area contributed by atoms with Gasteiger partial charge < -0.3 is 9.64 Å². The van der Waals surface area contributed by atoms with Crippen LogP contribution < -0.4 is 4.74 Å². The molecule has 1 aliphatic carbocycles. The van der Waals surface area contributed by atoms with Gasteiger partial charge >= 0.3 is 0 Å². The first-order valence-electron chi connectivity index (χ1n) is 7.23. The lowest BCUT2D eigenvalue weighted by Crippen LogP contribution is -2.41. The van der Waals surface area contributed by atoms with Crippen molar-refractivity contribution in [2.75, 3.05) is 13.0 Å². The summed E-state index contributed by atoms with van der Waals surface area (Å²) in [5, 5.41) is 0. The molecule has 3 nitrogen and oxygen atoms in total. The zero-order chi connectivity index (χ0) is 14.4. The van der Waals surface area contributed by atoms with Crippen molar-refractivity contribution in [3.63, 3.8) is 0 Å². The molecule has 1 aliphatic rings. The highest BCUT2D eigenvalue weighted by Crippen LogP contribution is 2.25. The molecule has 20 heavy (non-hydrogen) atoms. The third-order valence-corrected chi connectivity index (χ3v) is 4.17. The smallest absolute Gasteiger partial charge is 0.238 e. The number of amides is 1. The van der Waals surface area contributed by atoms with Crippen LogP contribution >= 0.6 is 11.6 Å². The molecule has 0 N–H and O–H groups in total. The molecule has 0 spiro atoms. The minimum absolute atomic E-state index is 0.0291. The fourth-order valence-electron chi connectivity index (χ4n) is 2.86. The van der Waals surface area contributed by atoms with Crippen LogP contribution in [0.5, 0.6) is 5.75 Å². The summed E-state index contributed by atoms with van der Waals surface area (Å²) in [6, 6.07) is 8.22. The van der Waals surface area contributed by atoms with E-state index in [4.69, 9.17) is 16.3 Å². The number of alkyl halides is 1. The number of carbonyl (C=O) groups excluding carboxylic acids is 1. The Hall–Kier alpha value is -1.22. The Labute approximate surface area is 125 Å². The van der Waals surface area contributed by atoms with E-state index < -0.39 is 0 Å². The summed E-state index contributed by atoms with van der Waals surface area (Å²) < 4.78 is 5.24. The van der Waals surface area contributed by atoms with Gasteiger partial charge in [-0.05, 0) is 30.5 Å². The van der Waals surface area contributed by atoms with Gasteiger partial charge in [0.15, 0.2) is 0 Å². The van der Waals surface area contributed by atoms with Crippen LogP contribution in [-0.4, -0.2) is 29.8 Å². The lowest BCUT2D eigenvalue weighted by molar-refractivity contribution is -0.132. The van der Waals surface area contributed by atoms with Crippen molar-refractivity contribution in [2.45, 2.75) is 44.7 Å². The summed E-state index contributed by atoms with van der Waals surface area (Å²) in [4.78, 5) is 14.1. The molecule has 0 atom stereocenters. The quantitative estimate of drug-likeness (QED) is 0.777. The largest absolute Gasteiger partial charge is 0.497 e. The number of hydrogen-bond acceptors (Lipinski definition) is 2. The summed E-state index contributed by atoms with van der Waals surface area (Å²) in [6.45, 7) is 0.618. The first-order chi connectivity index (χ1) is 9.74. The maximum Gasteiger partial charge on any atom is 0.238 e. The van der Waals surface area contributed by atoms with E-state index in [9.17, 15) is 4.79 Å². The highest BCUT2D eigenvalue weighted by atomic mass is 35.5. The van der Waals surface area contributed by atoms with Crippen molar-refractivity contribution in [3.8, 4) is 5.75 Å². The van der Waals surface area contributed by atoms with Gasteiger partial charge in [-0.15, -0.1) is 11.6 Å². The fourth-order valence-corrected chi connectivity index (χ4v) is 3.01. The van der Waals surface area contributed by atoms with Crippen LogP contribution in [-0.2, 0) is 11.3 Å². The van der Waals surface area contributed by atoms with Crippen LogP contribution in [0.15, 0.2) is 24.3 Å². The van der Waals surface area contributed by atoms with Gasteiger partial charge in [0.25, 0.3) is 0 Å². The van der Waals surface area contributed by atoms with Gasteiger partial charge in [-0.1, -0.05) is 31.4 Å². The van der Waals surface area contributed by atoms with Gasteiger partial charge in [-0.3, -0.25) is 4.79 Å². The summed E-state index contributed by atoms with van der Waals surface area (Å²) in [7, 11) is 1.65. The highest BCUT2D eigenvalue weighted by Gasteiger charge is 2.24. The van der Waals surface area contributed by atoms with E-state index in [0.717, 1.165) is 24.2 Å². The predicted octanol–water partition coefficient (Wildman–Crippen LogP) is 3.60. The average Bonchev–Trinajstić information content (AvgIpc) is 2.53. The molecular weight excluding hydrogens is 274 g/mol. The highest BCUT2D eigenvalue weighted by molar-refractivity contribution is 6.27. The molecular formula is C16H22ClNO2. The van der Waals surface area contributed by atoms with E-state index >= 15 is 0 Å². The van der Waals surface area contributed by atoms with Crippen LogP contribution in [0.25, 0.3) is 0 Å². The third-order valence-electron chi connectivity index (χ3n) is 3.94. The second kappa shape index (κ2) is 7.53. The zero-order valence-corrected chi connectivity index (χ0v) is 12.7. The molecule has 0 bridgehead atoms.